The predicted octanol–water partition coefficient (Wildman–Crippen LogP) is 3.34. The normalized spacial score (nSPS) is 10.7. The van der Waals surface area contributed by atoms with Gasteiger partial charge in [0.25, 0.3) is 5.91 Å². The fourth-order valence-electron chi connectivity index (χ4n) is 3.04. The number of nitrogens with one attached hydrogen (secondary N) is 1. The van der Waals surface area contributed by atoms with Crippen LogP contribution in [0.4, 0.5) is 0 Å². The summed E-state index contributed by atoms with van der Waals surface area (Å²) < 4.78 is 10.3. The fraction of sp³-hybridized carbons (Fsp3) is 0.318. The molecule has 3 aromatic rings. The van der Waals surface area contributed by atoms with E-state index in [9.17, 15) is 9.59 Å². The molecule has 0 bridgehead atoms. The van der Waals surface area contributed by atoms with Crippen LogP contribution in [-0.2, 0) is 22.5 Å². The van der Waals surface area contributed by atoms with Crippen molar-refractivity contribution < 1.29 is 19.1 Å². The topological polar surface area (TPSA) is 84.5 Å². The van der Waals surface area contributed by atoms with E-state index in [1.54, 1.807) is 20.2 Å². The second kappa shape index (κ2) is 9.23. The van der Waals surface area contributed by atoms with E-state index in [4.69, 9.17) is 9.47 Å². The van der Waals surface area contributed by atoms with Gasteiger partial charge in [0, 0.05) is 19.3 Å². The van der Waals surface area contributed by atoms with Crippen molar-refractivity contribution in [2.24, 2.45) is 0 Å². The number of carbonyl (C=O) groups excluding carboxylic acids is 2. The average Bonchev–Trinajstić information content (AvgIpc) is 3.20. The lowest BCUT2D eigenvalue weighted by Crippen LogP contribution is -2.30. The second-order valence-corrected chi connectivity index (χ2v) is 6.90. The van der Waals surface area contributed by atoms with Crippen LogP contribution in [0.3, 0.4) is 0 Å². The van der Waals surface area contributed by atoms with E-state index in [1.165, 1.54) is 4.90 Å². The average molecular weight is 395 g/mol. The molecule has 7 nitrogen and oxygen atoms in total. The molecule has 1 heterocycles. The van der Waals surface area contributed by atoms with E-state index >= 15 is 0 Å². The quantitative estimate of drug-likeness (QED) is 0.592. The highest BCUT2D eigenvalue weighted by Crippen LogP contribution is 2.22. The highest BCUT2D eigenvalue weighted by molar-refractivity contribution is 5.89. The first-order chi connectivity index (χ1) is 14.0. The number of carbonyl (C=O) groups is 2. The van der Waals surface area contributed by atoms with Crippen molar-refractivity contribution >= 4 is 22.6 Å². The number of H-pyrrole nitrogens is 1. The van der Waals surface area contributed by atoms with Crippen LogP contribution in [0.2, 0.25) is 0 Å². The van der Waals surface area contributed by atoms with Gasteiger partial charge in [0.05, 0.1) is 7.11 Å². The largest absolute Gasteiger partial charge is 0.497 e. The molecule has 152 valence electrons. The number of ether oxygens (including phenoxy) is 2. The Kier molecular flexibility index (Phi) is 6.49. The molecule has 0 saturated carbocycles. The number of rotatable bonds is 8. The summed E-state index contributed by atoms with van der Waals surface area (Å²) in [6.45, 7) is 2.14. The van der Waals surface area contributed by atoms with Crippen molar-refractivity contribution in [3.8, 4) is 5.75 Å². The summed E-state index contributed by atoms with van der Waals surface area (Å²) in [7, 11) is 3.32. The Balaban J connectivity index is 1.55. The van der Waals surface area contributed by atoms with Gasteiger partial charge in [-0.25, -0.2) is 4.79 Å². The minimum atomic E-state index is -0.606. The molecule has 2 aromatic carbocycles. The van der Waals surface area contributed by atoms with Gasteiger partial charge >= 0.3 is 5.97 Å². The number of nitrogens with zero attached hydrogens (tertiary/aromatic N) is 2. The Morgan fingerprint density at radius 3 is 2.62 bits per heavy atom. The van der Waals surface area contributed by atoms with Crippen molar-refractivity contribution in [3.63, 3.8) is 0 Å². The number of aryl methyl sites for hydroxylation is 1. The summed E-state index contributed by atoms with van der Waals surface area (Å²) in [6.07, 6.45) is 1.75. The van der Waals surface area contributed by atoms with Crippen LogP contribution in [-0.4, -0.2) is 47.7 Å². The molecule has 29 heavy (non-hydrogen) atoms. The molecule has 0 saturated heterocycles. The fourth-order valence-corrected chi connectivity index (χ4v) is 3.04. The van der Waals surface area contributed by atoms with Crippen LogP contribution >= 0.6 is 0 Å². The zero-order valence-electron chi connectivity index (χ0n) is 16.9. The number of hydrogen-bond acceptors (Lipinski definition) is 5. The third-order valence-electron chi connectivity index (χ3n) is 4.64. The van der Waals surface area contributed by atoms with Crippen molar-refractivity contribution in [2.75, 3.05) is 20.8 Å². The molecule has 0 radical (unpaired) electrons. The molecule has 0 fully saturated rings. The second-order valence-electron chi connectivity index (χ2n) is 6.90. The van der Waals surface area contributed by atoms with Gasteiger partial charge in [0.1, 0.15) is 5.75 Å². The summed E-state index contributed by atoms with van der Waals surface area (Å²) in [5.41, 5.74) is 2.05. The number of aromatic amines is 1. The molecule has 1 N–H and O–H groups in total. The predicted molar refractivity (Wildman–Crippen MR) is 110 cm³/mol. The Bertz CT molecular complexity index is 1010. The SMILES string of the molecule is CCCc1cc(C(=O)OCC(=O)N(C)Cc2ccc3cc(OC)ccc3c2)n[nH]1. The van der Waals surface area contributed by atoms with Gasteiger partial charge in [-0.05, 0) is 47.0 Å². The Morgan fingerprint density at radius 1 is 1.10 bits per heavy atom. The van der Waals surface area contributed by atoms with E-state index in [0.29, 0.717) is 6.54 Å². The van der Waals surface area contributed by atoms with Gasteiger partial charge in [-0.1, -0.05) is 31.5 Å². The number of hydrogen-bond donors (Lipinski definition) is 1. The van der Waals surface area contributed by atoms with E-state index in [0.717, 1.165) is 40.6 Å². The van der Waals surface area contributed by atoms with Gasteiger partial charge in [-0.2, -0.15) is 5.10 Å². The first kappa shape index (κ1) is 20.4. The van der Waals surface area contributed by atoms with Gasteiger partial charge in [0.15, 0.2) is 12.3 Å². The van der Waals surface area contributed by atoms with Gasteiger partial charge in [0.2, 0.25) is 0 Å². The maximum atomic E-state index is 12.3. The summed E-state index contributed by atoms with van der Waals surface area (Å²) in [4.78, 5) is 25.9. The third kappa shape index (κ3) is 5.13. The van der Waals surface area contributed by atoms with E-state index in [-0.39, 0.29) is 18.2 Å². The number of benzene rings is 2. The first-order valence-corrected chi connectivity index (χ1v) is 9.52. The van der Waals surface area contributed by atoms with Crippen LogP contribution in [0.5, 0.6) is 5.75 Å². The van der Waals surface area contributed by atoms with Crippen molar-refractivity contribution in [1.82, 2.24) is 15.1 Å². The molecule has 0 unspecified atom stereocenters. The number of fused-ring (bicyclic) bond motifs is 1. The van der Waals surface area contributed by atoms with E-state index in [1.807, 2.05) is 43.3 Å². The Labute approximate surface area is 169 Å². The smallest absolute Gasteiger partial charge is 0.359 e. The lowest BCUT2D eigenvalue weighted by molar-refractivity contribution is -0.133. The molecule has 1 amide bonds. The van der Waals surface area contributed by atoms with E-state index < -0.39 is 5.97 Å². The van der Waals surface area contributed by atoms with Crippen LogP contribution in [0, 0.1) is 0 Å². The van der Waals surface area contributed by atoms with Gasteiger partial charge in [-0.3, -0.25) is 9.89 Å². The Morgan fingerprint density at radius 2 is 1.86 bits per heavy atom. The minimum Gasteiger partial charge on any atom is -0.497 e. The molecule has 0 aliphatic heterocycles. The number of esters is 1. The monoisotopic (exact) mass is 395 g/mol. The summed E-state index contributed by atoms with van der Waals surface area (Å²) in [6, 6.07) is 13.5. The van der Waals surface area contributed by atoms with Crippen molar-refractivity contribution in [1.29, 1.82) is 0 Å². The van der Waals surface area contributed by atoms with Gasteiger partial charge in [-0.15, -0.1) is 0 Å². The molecular weight excluding hydrogens is 370 g/mol. The third-order valence-corrected chi connectivity index (χ3v) is 4.64. The number of likely N-dealkylation sites (N-methyl/N-ethyl adjacent to an activating group) is 1. The van der Waals surface area contributed by atoms with Crippen LogP contribution in [0.1, 0.15) is 35.1 Å². The molecule has 7 heteroatoms. The molecular formula is C22H25N3O4. The maximum Gasteiger partial charge on any atom is 0.359 e. The Hall–Kier alpha value is -3.35. The molecule has 1 aromatic heterocycles. The molecule has 3 rings (SSSR count). The molecule has 0 spiro atoms. The number of amides is 1. The van der Waals surface area contributed by atoms with Crippen LogP contribution in [0.15, 0.2) is 42.5 Å². The van der Waals surface area contributed by atoms with Gasteiger partial charge < -0.3 is 14.4 Å². The summed E-state index contributed by atoms with van der Waals surface area (Å²) in [5.74, 6) is -0.0828. The summed E-state index contributed by atoms with van der Waals surface area (Å²) in [5, 5.41) is 8.87. The minimum absolute atomic E-state index is 0.189. The molecule has 0 aliphatic carbocycles. The van der Waals surface area contributed by atoms with E-state index in [2.05, 4.69) is 10.2 Å². The maximum absolute atomic E-state index is 12.3. The van der Waals surface area contributed by atoms with Crippen LogP contribution in [0.25, 0.3) is 10.8 Å². The number of methoxy groups -OCH3 is 1. The number of aromatic nitrogens is 2. The highest BCUT2D eigenvalue weighted by atomic mass is 16.5. The molecule has 0 atom stereocenters. The standard InChI is InChI=1S/C22H25N3O4/c1-4-5-18-12-20(24-23-18)22(27)29-14-21(26)25(2)13-15-6-7-17-11-19(28-3)9-8-16(17)10-15/h6-12H,4-5,13-14H2,1-3H3,(H,23,24). The van der Waals surface area contributed by atoms with Crippen molar-refractivity contribution in [2.45, 2.75) is 26.3 Å². The first-order valence-electron chi connectivity index (χ1n) is 9.52. The molecule has 0 aliphatic rings. The summed E-state index contributed by atoms with van der Waals surface area (Å²) >= 11 is 0. The zero-order valence-corrected chi connectivity index (χ0v) is 16.9. The van der Waals surface area contributed by atoms with Crippen molar-refractivity contribution in [3.05, 3.63) is 59.4 Å². The zero-order chi connectivity index (χ0) is 20.8. The lowest BCUT2D eigenvalue weighted by Gasteiger charge is -2.17. The lowest BCUT2D eigenvalue weighted by atomic mass is 10.1. The highest BCUT2D eigenvalue weighted by Gasteiger charge is 2.16. The van der Waals surface area contributed by atoms with Crippen LogP contribution < -0.4 is 4.74 Å².